The molecule has 6 unspecified atom stereocenters. The molecule has 2 saturated heterocycles. The van der Waals surface area contributed by atoms with Gasteiger partial charge in [-0.05, 0) is 62.6 Å². The zero-order chi connectivity index (χ0) is 28.4. The lowest BCUT2D eigenvalue weighted by atomic mass is 9.57. The maximum atomic E-state index is 14.2. The number of allylic oxidation sites excluding steroid dienone is 2. The van der Waals surface area contributed by atoms with Crippen molar-refractivity contribution in [2.75, 3.05) is 7.11 Å². The minimum absolute atomic E-state index is 0.0381. The number of phenolic OH excluding ortho intramolecular Hbond substituents is 1. The van der Waals surface area contributed by atoms with E-state index in [1.165, 1.54) is 0 Å². The van der Waals surface area contributed by atoms with E-state index < -0.39 is 29.6 Å². The number of carbonyl (C=O) groups is 4. The van der Waals surface area contributed by atoms with Gasteiger partial charge in [0.25, 0.3) is 0 Å². The molecule has 8 nitrogen and oxygen atoms in total. The normalized spacial score (nSPS) is 34.4. The molecule has 0 bridgehead atoms. The molecule has 6 atom stereocenters. The van der Waals surface area contributed by atoms with E-state index in [0.29, 0.717) is 24.2 Å². The maximum absolute atomic E-state index is 14.2. The number of nitrogens with zero attached hydrogens (tertiary/aromatic N) is 2. The summed E-state index contributed by atoms with van der Waals surface area (Å²) < 4.78 is 5.50. The number of likely N-dealkylation sites (tertiary alicyclic amines) is 2. The van der Waals surface area contributed by atoms with Crippen LogP contribution in [0.15, 0.2) is 29.8 Å². The van der Waals surface area contributed by atoms with Crippen LogP contribution in [0, 0.1) is 29.6 Å². The molecular weight excluding hydrogens is 520 g/mol. The third kappa shape index (κ3) is 4.07. The Morgan fingerprint density at radius 2 is 1.32 bits per heavy atom. The quantitative estimate of drug-likeness (QED) is 0.423. The van der Waals surface area contributed by atoms with Crippen molar-refractivity contribution in [3.8, 4) is 11.5 Å². The average molecular weight is 561 g/mol. The summed E-state index contributed by atoms with van der Waals surface area (Å²) >= 11 is 0. The van der Waals surface area contributed by atoms with Gasteiger partial charge in [-0.25, -0.2) is 0 Å². The van der Waals surface area contributed by atoms with Crippen molar-refractivity contribution in [2.45, 2.75) is 95.1 Å². The summed E-state index contributed by atoms with van der Waals surface area (Å²) in [7, 11) is 1.56. The van der Waals surface area contributed by atoms with Crippen molar-refractivity contribution in [2.24, 2.45) is 29.6 Å². The van der Waals surface area contributed by atoms with Gasteiger partial charge in [-0.15, -0.1) is 0 Å². The van der Waals surface area contributed by atoms with Crippen molar-refractivity contribution < 1.29 is 29.0 Å². The molecule has 0 aromatic heterocycles. The highest BCUT2D eigenvalue weighted by atomic mass is 16.5. The van der Waals surface area contributed by atoms with Crippen LogP contribution in [-0.4, -0.2) is 57.7 Å². The number of hydrogen-bond donors (Lipinski definition) is 1. The molecule has 4 aliphatic carbocycles. The summed E-state index contributed by atoms with van der Waals surface area (Å²) in [6.07, 6.45) is 12.6. The van der Waals surface area contributed by atoms with Crippen LogP contribution in [0.3, 0.4) is 0 Å². The number of phenols is 1. The second-order valence-corrected chi connectivity index (χ2v) is 13.1. The van der Waals surface area contributed by atoms with E-state index in [-0.39, 0.29) is 47.4 Å². The zero-order valence-electron chi connectivity index (χ0n) is 23.8. The molecule has 1 N–H and O–H groups in total. The standard InChI is InChI=1S/C33H40N2O6/c1-41-20-12-15-26(36)24(16-20)27-21-13-14-22-28(32(39)34(30(22)37)18-8-4-2-5-9-18)23(21)17-25-29(27)33(40)35(31(25)38)19-10-6-3-7-11-19/h12-13,15-16,18-19,22-23,25,27-29,36H,2-11,14,17H2,1H3. The molecule has 1 aromatic carbocycles. The first-order chi connectivity index (χ1) is 19.9. The van der Waals surface area contributed by atoms with Gasteiger partial charge in [-0.1, -0.05) is 50.2 Å². The molecule has 41 heavy (non-hydrogen) atoms. The Labute approximate surface area is 241 Å². The van der Waals surface area contributed by atoms with Gasteiger partial charge in [0.15, 0.2) is 0 Å². The number of ether oxygens (including phenoxy) is 1. The second kappa shape index (κ2) is 10.3. The van der Waals surface area contributed by atoms with E-state index in [0.717, 1.165) is 69.8 Å². The van der Waals surface area contributed by atoms with Crippen LogP contribution < -0.4 is 4.74 Å². The van der Waals surface area contributed by atoms with Crippen LogP contribution >= 0.6 is 0 Å². The molecule has 1 aromatic rings. The Hall–Kier alpha value is -3.16. The molecule has 0 spiro atoms. The summed E-state index contributed by atoms with van der Waals surface area (Å²) in [6, 6.07) is 4.90. The largest absolute Gasteiger partial charge is 0.508 e. The van der Waals surface area contributed by atoms with E-state index in [1.54, 1.807) is 35.1 Å². The molecule has 218 valence electrons. The Morgan fingerprint density at radius 1 is 0.732 bits per heavy atom. The monoisotopic (exact) mass is 560 g/mol. The van der Waals surface area contributed by atoms with Crippen LogP contribution in [0.5, 0.6) is 11.5 Å². The Bertz CT molecular complexity index is 1310. The van der Waals surface area contributed by atoms with Gasteiger partial charge in [0, 0.05) is 23.6 Å². The van der Waals surface area contributed by atoms with Crippen molar-refractivity contribution >= 4 is 23.6 Å². The molecule has 7 rings (SSSR count). The summed E-state index contributed by atoms with van der Waals surface area (Å²) in [5.41, 5.74) is 1.48. The molecule has 3 saturated carbocycles. The Balaban J connectivity index is 1.31. The molecule has 8 heteroatoms. The third-order valence-corrected chi connectivity index (χ3v) is 11.2. The van der Waals surface area contributed by atoms with Gasteiger partial charge < -0.3 is 9.84 Å². The molecule has 2 heterocycles. The summed E-state index contributed by atoms with van der Waals surface area (Å²) in [6.45, 7) is 0. The average Bonchev–Trinajstić information content (AvgIpc) is 3.41. The van der Waals surface area contributed by atoms with Crippen molar-refractivity contribution in [1.82, 2.24) is 9.80 Å². The van der Waals surface area contributed by atoms with Crippen molar-refractivity contribution in [3.05, 3.63) is 35.4 Å². The molecule has 0 radical (unpaired) electrons. The van der Waals surface area contributed by atoms with Crippen LogP contribution in [-0.2, 0) is 19.2 Å². The van der Waals surface area contributed by atoms with Gasteiger partial charge in [-0.2, -0.15) is 0 Å². The minimum Gasteiger partial charge on any atom is -0.508 e. The van der Waals surface area contributed by atoms with E-state index in [1.807, 2.05) is 0 Å². The number of rotatable bonds is 4. The van der Waals surface area contributed by atoms with Gasteiger partial charge in [0.05, 0.1) is 30.8 Å². The smallest absolute Gasteiger partial charge is 0.234 e. The first-order valence-corrected chi connectivity index (χ1v) is 15.7. The molecule has 2 aliphatic heterocycles. The van der Waals surface area contributed by atoms with Crippen LogP contribution in [0.25, 0.3) is 0 Å². The Morgan fingerprint density at radius 3 is 1.93 bits per heavy atom. The topological polar surface area (TPSA) is 104 Å². The number of amides is 4. The number of carbonyl (C=O) groups excluding carboxylic acids is 4. The highest BCUT2D eigenvalue weighted by Crippen LogP contribution is 2.59. The number of fused-ring (bicyclic) bond motifs is 4. The fraction of sp³-hybridized carbons (Fsp3) is 0.636. The lowest BCUT2D eigenvalue weighted by Crippen LogP contribution is -2.44. The lowest BCUT2D eigenvalue weighted by Gasteiger charge is -2.44. The first-order valence-electron chi connectivity index (χ1n) is 15.7. The predicted octanol–water partition coefficient (Wildman–Crippen LogP) is 4.70. The highest BCUT2D eigenvalue weighted by molar-refractivity contribution is 6.08. The van der Waals surface area contributed by atoms with Crippen molar-refractivity contribution in [1.29, 1.82) is 0 Å². The van der Waals surface area contributed by atoms with E-state index in [4.69, 9.17) is 4.74 Å². The third-order valence-electron chi connectivity index (χ3n) is 11.2. The minimum atomic E-state index is -0.636. The van der Waals surface area contributed by atoms with Crippen LogP contribution in [0.2, 0.25) is 0 Å². The zero-order valence-corrected chi connectivity index (χ0v) is 23.8. The maximum Gasteiger partial charge on any atom is 0.234 e. The molecule has 4 amide bonds. The van der Waals surface area contributed by atoms with E-state index in [9.17, 15) is 24.3 Å². The number of aromatic hydroxyl groups is 1. The van der Waals surface area contributed by atoms with Crippen LogP contribution in [0.1, 0.15) is 88.5 Å². The Kier molecular flexibility index (Phi) is 6.70. The summed E-state index contributed by atoms with van der Waals surface area (Å²) in [4.78, 5) is 59.2. The predicted molar refractivity (Wildman–Crippen MR) is 150 cm³/mol. The molecule has 5 fully saturated rings. The SMILES string of the molecule is COc1ccc(O)c(C2C3=CCC4C(=O)N(C5CCCCC5)C(=O)C4C3CC3C(=O)N(C4CCCCC4)C(=O)C32)c1. The second-order valence-electron chi connectivity index (χ2n) is 13.1. The van der Waals surface area contributed by atoms with E-state index >= 15 is 0 Å². The van der Waals surface area contributed by atoms with Gasteiger partial charge in [0.2, 0.25) is 23.6 Å². The summed E-state index contributed by atoms with van der Waals surface area (Å²) in [5.74, 6) is -2.88. The van der Waals surface area contributed by atoms with E-state index in [2.05, 4.69) is 6.08 Å². The van der Waals surface area contributed by atoms with Gasteiger partial charge >= 0.3 is 0 Å². The number of benzene rings is 1. The van der Waals surface area contributed by atoms with Crippen molar-refractivity contribution in [3.63, 3.8) is 0 Å². The number of hydrogen-bond acceptors (Lipinski definition) is 6. The fourth-order valence-corrected chi connectivity index (χ4v) is 9.29. The molecular formula is C33H40N2O6. The number of imide groups is 2. The van der Waals surface area contributed by atoms with Crippen LogP contribution in [0.4, 0.5) is 0 Å². The first kappa shape index (κ1) is 26.7. The van der Waals surface area contributed by atoms with Gasteiger partial charge in [0.1, 0.15) is 11.5 Å². The number of methoxy groups -OCH3 is 1. The van der Waals surface area contributed by atoms with Gasteiger partial charge in [-0.3, -0.25) is 29.0 Å². The molecule has 6 aliphatic rings. The fourth-order valence-electron chi connectivity index (χ4n) is 9.29. The highest BCUT2D eigenvalue weighted by Gasteiger charge is 2.63. The lowest BCUT2D eigenvalue weighted by molar-refractivity contribution is -0.145. The summed E-state index contributed by atoms with van der Waals surface area (Å²) in [5, 5.41) is 11.1.